The van der Waals surface area contributed by atoms with Crippen molar-refractivity contribution in [2.24, 2.45) is 0 Å². The molecule has 2 aromatic rings. The molecule has 9 heteroatoms. The third-order valence-electron chi connectivity index (χ3n) is 5.56. The molecule has 2 aromatic carbocycles. The topological polar surface area (TPSA) is 117 Å². The first-order valence-electron chi connectivity index (χ1n) is 10.4. The maximum Gasteiger partial charge on any atom is 0.339 e. The number of nitrogens with one attached hydrogen (secondary N) is 1. The fraction of sp³-hybridized carbons (Fsp3) is 0.280. The summed E-state index contributed by atoms with van der Waals surface area (Å²) in [6.07, 6.45) is 1.66. The standard InChI is InChI=1S/C25H25NO8/c1-12-13(2)22-19(14(3)21(12)34-15(4)27)9-17(11-33-22)23(28)26-20-10-16(24(29)31-5)7-8-18(20)25(30)32-6/h7-10H,11H2,1-6H3,(H,26,28). The molecule has 0 aromatic heterocycles. The summed E-state index contributed by atoms with van der Waals surface area (Å²) >= 11 is 0. The summed E-state index contributed by atoms with van der Waals surface area (Å²) in [5.74, 6) is -1.27. The lowest BCUT2D eigenvalue weighted by atomic mass is 9.94. The Morgan fingerprint density at radius 2 is 1.62 bits per heavy atom. The van der Waals surface area contributed by atoms with Crippen molar-refractivity contribution in [2.45, 2.75) is 27.7 Å². The molecule has 178 valence electrons. The Morgan fingerprint density at radius 3 is 2.24 bits per heavy atom. The van der Waals surface area contributed by atoms with E-state index in [1.807, 2.05) is 13.8 Å². The van der Waals surface area contributed by atoms with Gasteiger partial charge in [-0.2, -0.15) is 0 Å². The zero-order valence-corrected chi connectivity index (χ0v) is 19.8. The highest BCUT2D eigenvalue weighted by molar-refractivity contribution is 6.11. The number of amides is 1. The molecule has 0 fully saturated rings. The minimum Gasteiger partial charge on any atom is -0.488 e. The van der Waals surface area contributed by atoms with Crippen LogP contribution >= 0.6 is 0 Å². The Balaban J connectivity index is 2.02. The first kappa shape index (κ1) is 24.5. The summed E-state index contributed by atoms with van der Waals surface area (Å²) < 4.78 is 20.8. The second-order valence-corrected chi connectivity index (χ2v) is 7.70. The Hall–Kier alpha value is -4.14. The smallest absolute Gasteiger partial charge is 0.339 e. The monoisotopic (exact) mass is 467 g/mol. The summed E-state index contributed by atoms with van der Waals surface area (Å²) in [5, 5.41) is 2.66. The highest BCUT2D eigenvalue weighted by Crippen LogP contribution is 2.41. The van der Waals surface area contributed by atoms with E-state index in [0.29, 0.717) is 22.6 Å². The molecule has 0 bridgehead atoms. The Kier molecular flexibility index (Phi) is 7.05. The molecule has 1 amide bonds. The molecular weight excluding hydrogens is 442 g/mol. The maximum absolute atomic E-state index is 13.1. The maximum atomic E-state index is 13.1. The Bertz CT molecular complexity index is 1240. The molecule has 0 saturated heterocycles. The number of anilines is 1. The van der Waals surface area contributed by atoms with Crippen LogP contribution < -0.4 is 14.8 Å². The first-order valence-corrected chi connectivity index (χ1v) is 10.4. The number of hydrogen-bond donors (Lipinski definition) is 1. The normalized spacial score (nSPS) is 12.0. The van der Waals surface area contributed by atoms with Gasteiger partial charge in [0, 0.05) is 18.1 Å². The molecule has 0 saturated carbocycles. The van der Waals surface area contributed by atoms with Crippen LogP contribution in [0.3, 0.4) is 0 Å². The number of benzene rings is 2. The van der Waals surface area contributed by atoms with Crippen molar-refractivity contribution in [3.05, 3.63) is 57.2 Å². The lowest BCUT2D eigenvalue weighted by Crippen LogP contribution is -2.23. The van der Waals surface area contributed by atoms with E-state index >= 15 is 0 Å². The van der Waals surface area contributed by atoms with Crippen molar-refractivity contribution in [3.8, 4) is 11.5 Å². The van der Waals surface area contributed by atoms with Crippen LogP contribution in [0, 0.1) is 20.8 Å². The molecule has 1 aliphatic rings. The number of rotatable bonds is 5. The van der Waals surface area contributed by atoms with E-state index in [1.54, 1.807) is 13.0 Å². The highest BCUT2D eigenvalue weighted by Gasteiger charge is 2.26. The highest BCUT2D eigenvalue weighted by atomic mass is 16.5. The van der Waals surface area contributed by atoms with Gasteiger partial charge in [0.15, 0.2) is 0 Å². The van der Waals surface area contributed by atoms with Crippen LogP contribution in [0.2, 0.25) is 0 Å². The number of carbonyl (C=O) groups excluding carboxylic acids is 4. The molecule has 0 radical (unpaired) electrons. The van der Waals surface area contributed by atoms with Crippen molar-refractivity contribution < 1.29 is 38.1 Å². The van der Waals surface area contributed by atoms with E-state index in [9.17, 15) is 19.2 Å². The van der Waals surface area contributed by atoms with Gasteiger partial charge in [0.2, 0.25) is 0 Å². The van der Waals surface area contributed by atoms with E-state index in [0.717, 1.165) is 11.1 Å². The largest absolute Gasteiger partial charge is 0.488 e. The number of carbonyl (C=O) groups is 4. The van der Waals surface area contributed by atoms with Crippen LogP contribution in [0.4, 0.5) is 5.69 Å². The van der Waals surface area contributed by atoms with Crippen molar-refractivity contribution in [1.29, 1.82) is 0 Å². The van der Waals surface area contributed by atoms with Gasteiger partial charge in [-0.25, -0.2) is 9.59 Å². The predicted molar refractivity (Wildman–Crippen MR) is 123 cm³/mol. The number of fused-ring (bicyclic) bond motifs is 1. The summed E-state index contributed by atoms with van der Waals surface area (Å²) in [7, 11) is 2.44. The van der Waals surface area contributed by atoms with Crippen molar-refractivity contribution in [3.63, 3.8) is 0 Å². The number of ether oxygens (including phenoxy) is 4. The fourth-order valence-corrected chi connectivity index (χ4v) is 3.65. The molecule has 1 heterocycles. The van der Waals surface area contributed by atoms with E-state index in [4.69, 9.17) is 18.9 Å². The summed E-state index contributed by atoms with van der Waals surface area (Å²) in [6.45, 7) is 6.76. The fourth-order valence-electron chi connectivity index (χ4n) is 3.65. The summed E-state index contributed by atoms with van der Waals surface area (Å²) in [5.41, 5.74) is 3.42. The molecular formula is C25H25NO8. The van der Waals surface area contributed by atoms with Gasteiger partial charge in [0.1, 0.15) is 18.1 Å². The average Bonchev–Trinajstić information content (AvgIpc) is 2.83. The van der Waals surface area contributed by atoms with Gasteiger partial charge in [-0.3, -0.25) is 9.59 Å². The van der Waals surface area contributed by atoms with Crippen molar-refractivity contribution in [2.75, 3.05) is 26.1 Å². The van der Waals surface area contributed by atoms with Crippen LogP contribution in [-0.2, 0) is 19.1 Å². The predicted octanol–water partition coefficient (Wildman–Crippen LogP) is 3.52. The van der Waals surface area contributed by atoms with Gasteiger partial charge in [0.25, 0.3) is 5.91 Å². The molecule has 34 heavy (non-hydrogen) atoms. The van der Waals surface area contributed by atoms with Crippen LogP contribution in [0.5, 0.6) is 11.5 Å². The average molecular weight is 467 g/mol. The van der Waals surface area contributed by atoms with Crippen LogP contribution in [-0.4, -0.2) is 44.6 Å². The van der Waals surface area contributed by atoms with E-state index in [1.165, 1.54) is 39.3 Å². The number of esters is 3. The molecule has 0 aliphatic carbocycles. The van der Waals surface area contributed by atoms with Crippen LogP contribution in [0.25, 0.3) is 6.08 Å². The van der Waals surface area contributed by atoms with Crippen LogP contribution in [0.1, 0.15) is 49.9 Å². The molecule has 1 aliphatic heterocycles. The van der Waals surface area contributed by atoms with Gasteiger partial charge < -0.3 is 24.3 Å². The van der Waals surface area contributed by atoms with Crippen molar-refractivity contribution >= 4 is 35.6 Å². The van der Waals surface area contributed by atoms with Crippen molar-refractivity contribution in [1.82, 2.24) is 0 Å². The minimum atomic E-state index is -0.682. The van der Waals surface area contributed by atoms with E-state index in [-0.39, 0.29) is 29.0 Å². The Labute approximate surface area is 196 Å². The molecule has 0 atom stereocenters. The third-order valence-corrected chi connectivity index (χ3v) is 5.56. The molecule has 3 rings (SSSR count). The zero-order valence-electron chi connectivity index (χ0n) is 19.8. The van der Waals surface area contributed by atoms with E-state index < -0.39 is 23.8 Å². The molecule has 0 unspecified atom stereocenters. The van der Waals surface area contributed by atoms with Gasteiger partial charge in [-0.05, 0) is 56.2 Å². The number of hydrogen-bond acceptors (Lipinski definition) is 8. The first-order chi connectivity index (χ1) is 16.1. The minimum absolute atomic E-state index is 0.0181. The van der Waals surface area contributed by atoms with Crippen LogP contribution in [0.15, 0.2) is 23.8 Å². The molecule has 1 N–H and O–H groups in total. The van der Waals surface area contributed by atoms with Gasteiger partial charge in [-0.1, -0.05) is 0 Å². The van der Waals surface area contributed by atoms with E-state index in [2.05, 4.69) is 5.32 Å². The summed E-state index contributed by atoms with van der Waals surface area (Å²) in [4.78, 5) is 48.8. The lowest BCUT2D eigenvalue weighted by molar-refractivity contribution is -0.132. The lowest BCUT2D eigenvalue weighted by Gasteiger charge is -2.24. The quantitative estimate of drug-likeness (QED) is 0.524. The molecule has 0 spiro atoms. The second-order valence-electron chi connectivity index (χ2n) is 7.70. The third kappa shape index (κ3) is 4.63. The van der Waals surface area contributed by atoms with Gasteiger partial charge in [-0.15, -0.1) is 0 Å². The Morgan fingerprint density at radius 1 is 0.941 bits per heavy atom. The SMILES string of the molecule is COC(=O)c1ccc(C(=O)OC)c(NC(=O)C2=Cc3c(C)c(OC(C)=O)c(C)c(C)c3OC2)c1. The zero-order chi connectivity index (χ0) is 25.2. The molecule has 9 nitrogen and oxygen atoms in total. The second kappa shape index (κ2) is 9.78. The van der Waals surface area contributed by atoms with Gasteiger partial charge >= 0.3 is 17.9 Å². The summed E-state index contributed by atoms with van der Waals surface area (Å²) in [6, 6.07) is 4.11. The van der Waals surface area contributed by atoms with Gasteiger partial charge in [0.05, 0.1) is 36.6 Å². The number of methoxy groups -OCH3 is 2.